The zero-order valence-corrected chi connectivity index (χ0v) is 18.1. The average molecular weight is 427 g/mol. The van der Waals surface area contributed by atoms with E-state index in [-0.39, 0.29) is 5.91 Å². The summed E-state index contributed by atoms with van der Waals surface area (Å²) in [6.07, 6.45) is 1.69. The second kappa shape index (κ2) is 9.82. The van der Waals surface area contributed by atoms with Crippen molar-refractivity contribution in [3.05, 3.63) is 70.8 Å². The summed E-state index contributed by atoms with van der Waals surface area (Å²) in [6.45, 7) is 5.20. The Morgan fingerprint density at radius 3 is 2.50 bits per heavy atom. The van der Waals surface area contributed by atoms with Gasteiger partial charge in [-0.25, -0.2) is 0 Å². The van der Waals surface area contributed by atoms with Crippen molar-refractivity contribution < 1.29 is 18.8 Å². The summed E-state index contributed by atoms with van der Waals surface area (Å²) >= 11 is 1.74. The zero-order chi connectivity index (χ0) is 20.8. The van der Waals surface area contributed by atoms with Crippen LogP contribution in [0.2, 0.25) is 0 Å². The molecule has 2 aromatic heterocycles. The largest absolute Gasteiger partial charge is 0.497 e. The Labute approximate surface area is 181 Å². The second-order valence-corrected chi connectivity index (χ2v) is 8.54. The maximum Gasteiger partial charge on any atom is 0.277 e. The quantitative estimate of drug-likeness (QED) is 0.601. The first-order valence-corrected chi connectivity index (χ1v) is 11.1. The van der Waals surface area contributed by atoms with Crippen LogP contribution in [0.25, 0.3) is 0 Å². The van der Waals surface area contributed by atoms with Crippen molar-refractivity contribution >= 4 is 22.9 Å². The molecule has 3 heterocycles. The first kappa shape index (κ1) is 20.5. The Kier molecular flexibility index (Phi) is 6.71. The van der Waals surface area contributed by atoms with Gasteiger partial charge in [-0.05, 0) is 47.8 Å². The highest BCUT2D eigenvalue weighted by Crippen LogP contribution is 2.20. The molecule has 7 heteroatoms. The average Bonchev–Trinajstić information content (AvgIpc) is 3.48. The summed E-state index contributed by atoms with van der Waals surface area (Å²) < 4.78 is 10.8. The third kappa shape index (κ3) is 5.23. The summed E-state index contributed by atoms with van der Waals surface area (Å²) in [5, 5.41) is 2.08. The third-order valence-corrected chi connectivity index (χ3v) is 6.36. The van der Waals surface area contributed by atoms with Gasteiger partial charge in [0, 0.05) is 31.9 Å². The molecule has 1 amide bonds. The van der Waals surface area contributed by atoms with E-state index in [1.54, 1.807) is 24.7 Å². The molecular weight excluding hydrogens is 398 g/mol. The van der Waals surface area contributed by atoms with Crippen molar-refractivity contribution in [2.45, 2.75) is 13.1 Å². The van der Waals surface area contributed by atoms with Gasteiger partial charge in [0.15, 0.2) is 12.3 Å². The number of quaternary nitrogens is 1. The number of nitrogens with one attached hydrogen (secondary N) is 1. The standard InChI is InChI=1S/C23H27N3O3S/c1-28-20-8-6-19(7-9-20)25-10-12-26(13-11-25)23(27)18-24(16-21-4-2-14-29-21)17-22-5-3-15-30-22/h2-9,14-15H,10-13,16-18H2,1H3/p+1. The fourth-order valence-corrected chi connectivity index (χ4v) is 4.62. The number of hydrogen-bond acceptors (Lipinski definition) is 5. The number of methoxy groups -OCH3 is 1. The minimum atomic E-state index is 0.211. The number of nitrogens with zero attached hydrogens (tertiary/aromatic N) is 2. The predicted octanol–water partition coefficient (Wildman–Crippen LogP) is 2.28. The number of benzene rings is 1. The van der Waals surface area contributed by atoms with E-state index >= 15 is 0 Å². The molecule has 1 aliphatic rings. The lowest BCUT2D eigenvalue weighted by Crippen LogP contribution is -3.10. The number of carbonyl (C=O) groups is 1. The summed E-state index contributed by atoms with van der Waals surface area (Å²) in [7, 11) is 1.68. The van der Waals surface area contributed by atoms with E-state index < -0.39 is 0 Å². The predicted molar refractivity (Wildman–Crippen MR) is 118 cm³/mol. The van der Waals surface area contributed by atoms with Gasteiger partial charge in [0.25, 0.3) is 5.91 Å². The van der Waals surface area contributed by atoms with Gasteiger partial charge in [-0.15, -0.1) is 11.3 Å². The molecule has 0 saturated carbocycles. The molecule has 0 aliphatic carbocycles. The van der Waals surface area contributed by atoms with Crippen LogP contribution in [0.5, 0.6) is 5.75 Å². The van der Waals surface area contributed by atoms with Crippen LogP contribution in [0.1, 0.15) is 10.6 Å². The highest BCUT2D eigenvalue weighted by molar-refractivity contribution is 7.09. The molecule has 1 unspecified atom stereocenters. The van der Waals surface area contributed by atoms with Gasteiger partial charge in [0.05, 0.1) is 18.3 Å². The molecule has 1 fully saturated rings. The SMILES string of the molecule is COc1ccc(N2CCN(C(=O)C[NH+](Cc3ccco3)Cc3cccs3)CC2)cc1. The molecule has 6 nitrogen and oxygen atoms in total. The van der Waals surface area contributed by atoms with Crippen LogP contribution >= 0.6 is 11.3 Å². The van der Waals surface area contributed by atoms with Crippen molar-refractivity contribution in [1.29, 1.82) is 0 Å². The first-order chi connectivity index (χ1) is 14.7. The lowest BCUT2D eigenvalue weighted by molar-refractivity contribution is -0.920. The Balaban J connectivity index is 1.33. The molecule has 0 radical (unpaired) electrons. The lowest BCUT2D eigenvalue weighted by atomic mass is 10.2. The van der Waals surface area contributed by atoms with E-state index in [2.05, 4.69) is 34.5 Å². The maximum atomic E-state index is 13.0. The second-order valence-electron chi connectivity index (χ2n) is 7.50. The van der Waals surface area contributed by atoms with E-state index in [0.717, 1.165) is 44.2 Å². The summed E-state index contributed by atoms with van der Waals surface area (Å²) in [5.41, 5.74) is 1.17. The molecule has 0 bridgehead atoms. The van der Waals surface area contributed by atoms with Crippen LogP contribution in [-0.4, -0.2) is 50.6 Å². The van der Waals surface area contributed by atoms with Gasteiger partial charge in [-0.1, -0.05) is 6.07 Å². The number of rotatable bonds is 8. The Morgan fingerprint density at radius 1 is 1.07 bits per heavy atom. The van der Waals surface area contributed by atoms with Crippen LogP contribution < -0.4 is 14.5 Å². The Morgan fingerprint density at radius 2 is 1.87 bits per heavy atom. The van der Waals surface area contributed by atoms with Crippen LogP contribution in [-0.2, 0) is 17.9 Å². The monoisotopic (exact) mass is 426 g/mol. The number of amides is 1. The highest BCUT2D eigenvalue weighted by atomic mass is 32.1. The van der Waals surface area contributed by atoms with Gasteiger partial charge >= 0.3 is 0 Å². The number of piperazine rings is 1. The number of carbonyl (C=O) groups excluding carboxylic acids is 1. The van der Waals surface area contributed by atoms with E-state index in [1.807, 2.05) is 29.2 Å². The van der Waals surface area contributed by atoms with E-state index in [0.29, 0.717) is 13.1 Å². The number of hydrogen-bond donors (Lipinski definition) is 1. The number of anilines is 1. The lowest BCUT2D eigenvalue weighted by Gasteiger charge is -2.36. The van der Waals surface area contributed by atoms with Crippen molar-refractivity contribution in [3.63, 3.8) is 0 Å². The van der Waals surface area contributed by atoms with E-state index in [9.17, 15) is 4.79 Å². The molecule has 3 aromatic rings. The highest BCUT2D eigenvalue weighted by Gasteiger charge is 2.25. The molecule has 1 aliphatic heterocycles. The number of furan rings is 1. The summed E-state index contributed by atoms with van der Waals surface area (Å²) in [4.78, 5) is 19.8. The van der Waals surface area contributed by atoms with E-state index in [4.69, 9.17) is 9.15 Å². The summed E-state index contributed by atoms with van der Waals surface area (Å²) in [5.74, 6) is 1.99. The first-order valence-electron chi connectivity index (χ1n) is 10.3. The molecule has 1 N–H and O–H groups in total. The molecular formula is C23H28N3O3S+. The van der Waals surface area contributed by atoms with Crippen molar-refractivity contribution in [2.75, 3.05) is 44.7 Å². The van der Waals surface area contributed by atoms with Crippen molar-refractivity contribution in [2.24, 2.45) is 0 Å². The Hall–Kier alpha value is -2.77. The minimum absolute atomic E-state index is 0.211. The molecule has 1 saturated heterocycles. The van der Waals surface area contributed by atoms with Gasteiger partial charge in [-0.2, -0.15) is 0 Å². The number of thiophene rings is 1. The van der Waals surface area contributed by atoms with Crippen LogP contribution in [0.15, 0.2) is 64.6 Å². The van der Waals surface area contributed by atoms with Gasteiger partial charge in [-0.3, -0.25) is 4.79 Å². The van der Waals surface area contributed by atoms with Crippen LogP contribution in [0.4, 0.5) is 5.69 Å². The van der Waals surface area contributed by atoms with Crippen LogP contribution in [0.3, 0.4) is 0 Å². The maximum absolute atomic E-state index is 13.0. The molecule has 1 aromatic carbocycles. The zero-order valence-electron chi connectivity index (χ0n) is 17.3. The normalized spacial score (nSPS) is 15.2. The number of ether oxygens (including phenoxy) is 1. The molecule has 4 rings (SSSR count). The molecule has 1 atom stereocenters. The van der Waals surface area contributed by atoms with Gasteiger partial charge in [0.2, 0.25) is 0 Å². The van der Waals surface area contributed by atoms with Gasteiger partial charge in [0.1, 0.15) is 18.8 Å². The Bertz CT molecular complexity index is 866. The van der Waals surface area contributed by atoms with Gasteiger partial charge < -0.3 is 23.9 Å². The van der Waals surface area contributed by atoms with E-state index in [1.165, 1.54) is 15.5 Å². The molecule has 30 heavy (non-hydrogen) atoms. The fraction of sp³-hybridized carbons (Fsp3) is 0.348. The van der Waals surface area contributed by atoms with Crippen molar-refractivity contribution in [1.82, 2.24) is 4.90 Å². The fourth-order valence-electron chi connectivity index (χ4n) is 3.84. The smallest absolute Gasteiger partial charge is 0.277 e. The van der Waals surface area contributed by atoms with Crippen LogP contribution in [0, 0.1) is 0 Å². The summed E-state index contributed by atoms with van der Waals surface area (Å²) in [6, 6.07) is 16.2. The third-order valence-electron chi connectivity index (χ3n) is 5.48. The molecule has 158 valence electrons. The van der Waals surface area contributed by atoms with Crippen molar-refractivity contribution in [3.8, 4) is 5.75 Å². The topological polar surface area (TPSA) is 50.4 Å². The molecule has 0 spiro atoms. The minimum Gasteiger partial charge on any atom is -0.497 e.